The maximum absolute atomic E-state index is 13.5. The van der Waals surface area contributed by atoms with E-state index in [9.17, 15) is 24.1 Å². The standard InChI is InChI=1S/C16H12ClFN2O5/c1-9-6-10(2-5-14(9)20(23)24)16(22)25-8-15(21)19-13-7-11(17)3-4-12(13)18/h2-7H,8H2,1H3,(H,19,21). The lowest BCUT2D eigenvalue weighted by Crippen LogP contribution is -2.21. The first-order valence-electron chi connectivity index (χ1n) is 6.95. The number of amides is 1. The molecule has 2 rings (SSSR count). The van der Waals surface area contributed by atoms with Crippen LogP contribution in [0.15, 0.2) is 36.4 Å². The minimum atomic E-state index is -0.834. The summed E-state index contributed by atoms with van der Waals surface area (Å²) in [4.78, 5) is 33.8. The van der Waals surface area contributed by atoms with Crippen molar-refractivity contribution in [3.05, 3.63) is 68.5 Å². The van der Waals surface area contributed by atoms with Crippen LogP contribution in [0, 0.1) is 22.9 Å². The van der Waals surface area contributed by atoms with E-state index in [2.05, 4.69) is 5.32 Å². The van der Waals surface area contributed by atoms with Gasteiger partial charge in [-0.3, -0.25) is 14.9 Å². The summed E-state index contributed by atoms with van der Waals surface area (Å²) in [5.41, 5.74) is 0.0696. The van der Waals surface area contributed by atoms with E-state index in [0.29, 0.717) is 0 Å². The maximum atomic E-state index is 13.5. The zero-order valence-electron chi connectivity index (χ0n) is 12.9. The van der Waals surface area contributed by atoms with Gasteiger partial charge in [0.1, 0.15) is 5.82 Å². The summed E-state index contributed by atoms with van der Waals surface area (Å²) in [6.07, 6.45) is 0. The molecule has 0 radical (unpaired) electrons. The molecule has 0 atom stereocenters. The van der Waals surface area contributed by atoms with Gasteiger partial charge in [0, 0.05) is 16.7 Å². The number of carbonyl (C=O) groups excluding carboxylic acids is 2. The lowest BCUT2D eigenvalue weighted by molar-refractivity contribution is -0.385. The number of nitro groups is 1. The second kappa shape index (κ2) is 7.71. The van der Waals surface area contributed by atoms with Crippen molar-refractivity contribution in [2.45, 2.75) is 6.92 Å². The third kappa shape index (κ3) is 4.74. The van der Waals surface area contributed by atoms with Gasteiger partial charge in [-0.15, -0.1) is 0 Å². The Hall–Kier alpha value is -3.00. The second-order valence-electron chi connectivity index (χ2n) is 5.01. The summed E-state index contributed by atoms with van der Waals surface area (Å²) in [5, 5.41) is 13.2. The minimum Gasteiger partial charge on any atom is -0.452 e. The fourth-order valence-corrected chi connectivity index (χ4v) is 2.15. The van der Waals surface area contributed by atoms with Gasteiger partial charge >= 0.3 is 5.97 Å². The first-order chi connectivity index (χ1) is 11.8. The number of benzene rings is 2. The number of hydrogen-bond acceptors (Lipinski definition) is 5. The van der Waals surface area contributed by atoms with E-state index in [-0.39, 0.29) is 27.5 Å². The van der Waals surface area contributed by atoms with Gasteiger partial charge in [0.05, 0.1) is 16.2 Å². The molecule has 0 saturated heterocycles. The van der Waals surface area contributed by atoms with Gasteiger partial charge in [-0.25, -0.2) is 9.18 Å². The fraction of sp³-hybridized carbons (Fsp3) is 0.125. The molecule has 0 aromatic heterocycles. The van der Waals surface area contributed by atoms with Crippen molar-refractivity contribution in [1.29, 1.82) is 0 Å². The van der Waals surface area contributed by atoms with E-state index in [1.165, 1.54) is 37.3 Å². The van der Waals surface area contributed by atoms with Gasteiger partial charge in [0.15, 0.2) is 6.61 Å². The lowest BCUT2D eigenvalue weighted by atomic mass is 10.1. The molecule has 0 heterocycles. The van der Waals surface area contributed by atoms with Gasteiger partial charge in [-0.2, -0.15) is 0 Å². The number of carbonyl (C=O) groups is 2. The molecule has 9 heteroatoms. The van der Waals surface area contributed by atoms with Gasteiger partial charge < -0.3 is 10.1 Å². The number of hydrogen-bond donors (Lipinski definition) is 1. The van der Waals surface area contributed by atoms with Crippen LogP contribution in [0.2, 0.25) is 5.02 Å². The quantitative estimate of drug-likeness (QED) is 0.496. The van der Waals surface area contributed by atoms with Gasteiger partial charge in [0.25, 0.3) is 11.6 Å². The third-order valence-corrected chi connectivity index (χ3v) is 3.40. The predicted octanol–water partition coefficient (Wildman–Crippen LogP) is 3.49. The number of nitrogens with one attached hydrogen (secondary N) is 1. The Labute approximate surface area is 146 Å². The molecule has 0 aliphatic carbocycles. The summed E-state index contributed by atoms with van der Waals surface area (Å²) in [7, 11) is 0. The highest BCUT2D eigenvalue weighted by molar-refractivity contribution is 6.30. The van der Waals surface area contributed by atoms with Crippen molar-refractivity contribution < 1.29 is 23.6 Å². The molecule has 2 aromatic rings. The zero-order valence-corrected chi connectivity index (χ0v) is 13.7. The molecule has 0 aliphatic rings. The van der Waals surface area contributed by atoms with Crippen molar-refractivity contribution in [2.24, 2.45) is 0 Å². The smallest absolute Gasteiger partial charge is 0.338 e. The van der Waals surface area contributed by atoms with Crippen LogP contribution in [0.1, 0.15) is 15.9 Å². The Morgan fingerprint density at radius 3 is 2.64 bits per heavy atom. The van der Waals surface area contributed by atoms with Crippen LogP contribution in [-0.2, 0) is 9.53 Å². The van der Waals surface area contributed by atoms with Crippen LogP contribution in [0.3, 0.4) is 0 Å². The predicted molar refractivity (Wildman–Crippen MR) is 88.2 cm³/mol. The Balaban J connectivity index is 1.97. The topological polar surface area (TPSA) is 98.5 Å². The van der Waals surface area contributed by atoms with Crippen molar-refractivity contribution >= 4 is 34.9 Å². The Kier molecular flexibility index (Phi) is 5.66. The normalized spacial score (nSPS) is 10.2. The number of nitro benzene ring substituents is 1. The maximum Gasteiger partial charge on any atom is 0.338 e. The van der Waals surface area contributed by atoms with Crippen LogP contribution in [0.4, 0.5) is 15.8 Å². The van der Waals surface area contributed by atoms with E-state index in [4.69, 9.17) is 16.3 Å². The first-order valence-corrected chi connectivity index (χ1v) is 7.33. The number of ether oxygens (including phenoxy) is 1. The molecule has 0 saturated carbocycles. The lowest BCUT2D eigenvalue weighted by Gasteiger charge is -2.08. The SMILES string of the molecule is Cc1cc(C(=O)OCC(=O)Nc2cc(Cl)ccc2F)ccc1[N+](=O)[O-]. The number of esters is 1. The molecule has 0 aliphatic heterocycles. The average molecular weight is 367 g/mol. The van der Waals surface area contributed by atoms with Gasteiger partial charge in [-0.05, 0) is 37.3 Å². The summed E-state index contributed by atoms with van der Waals surface area (Å²) >= 11 is 5.71. The molecule has 1 amide bonds. The van der Waals surface area contributed by atoms with E-state index >= 15 is 0 Å². The van der Waals surface area contributed by atoms with Crippen LogP contribution >= 0.6 is 11.6 Å². The monoisotopic (exact) mass is 366 g/mol. The number of anilines is 1. The Morgan fingerprint density at radius 2 is 2.00 bits per heavy atom. The van der Waals surface area contributed by atoms with Gasteiger partial charge in [0.2, 0.25) is 0 Å². The van der Waals surface area contributed by atoms with Crippen molar-refractivity contribution in [3.8, 4) is 0 Å². The summed E-state index contributed by atoms with van der Waals surface area (Å²) in [6, 6.07) is 7.31. The number of halogens is 2. The summed E-state index contributed by atoms with van der Waals surface area (Å²) in [6.45, 7) is 0.824. The zero-order chi connectivity index (χ0) is 18.6. The molecule has 2 aromatic carbocycles. The second-order valence-corrected chi connectivity index (χ2v) is 5.44. The molecule has 1 N–H and O–H groups in total. The number of nitrogens with zero attached hydrogens (tertiary/aromatic N) is 1. The van der Waals surface area contributed by atoms with Gasteiger partial charge in [-0.1, -0.05) is 11.6 Å². The van der Waals surface area contributed by atoms with E-state index < -0.39 is 29.2 Å². The average Bonchev–Trinajstić information content (AvgIpc) is 2.55. The molecular weight excluding hydrogens is 355 g/mol. The highest BCUT2D eigenvalue weighted by atomic mass is 35.5. The first kappa shape index (κ1) is 18.3. The van der Waals surface area contributed by atoms with E-state index in [1.807, 2.05) is 0 Å². The molecule has 0 bridgehead atoms. The third-order valence-electron chi connectivity index (χ3n) is 3.17. The molecule has 0 spiro atoms. The minimum absolute atomic E-state index is 0.0600. The number of rotatable bonds is 5. The fourth-order valence-electron chi connectivity index (χ4n) is 1.98. The molecule has 25 heavy (non-hydrogen) atoms. The van der Waals surface area contributed by atoms with E-state index in [1.54, 1.807) is 0 Å². The Morgan fingerprint density at radius 1 is 1.28 bits per heavy atom. The highest BCUT2D eigenvalue weighted by Crippen LogP contribution is 2.20. The molecule has 0 unspecified atom stereocenters. The van der Waals surface area contributed by atoms with Crippen molar-refractivity contribution in [2.75, 3.05) is 11.9 Å². The highest BCUT2D eigenvalue weighted by Gasteiger charge is 2.16. The molecule has 0 fully saturated rings. The van der Waals surface area contributed by atoms with Crippen LogP contribution in [0.5, 0.6) is 0 Å². The van der Waals surface area contributed by atoms with Crippen molar-refractivity contribution in [3.63, 3.8) is 0 Å². The molecule has 130 valence electrons. The van der Waals surface area contributed by atoms with Crippen molar-refractivity contribution in [1.82, 2.24) is 0 Å². The van der Waals surface area contributed by atoms with Crippen LogP contribution < -0.4 is 5.32 Å². The Bertz CT molecular complexity index is 856. The van der Waals surface area contributed by atoms with Crippen LogP contribution in [-0.4, -0.2) is 23.4 Å². The van der Waals surface area contributed by atoms with E-state index in [0.717, 1.165) is 6.07 Å². The number of aryl methyl sites for hydroxylation is 1. The van der Waals surface area contributed by atoms with Crippen LogP contribution in [0.25, 0.3) is 0 Å². The largest absolute Gasteiger partial charge is 0.452 e. The summed E-state index contributed by atoms with van der Waals surface area (Å²) in [5.74, 6) is -2.28. The molecular formula is C16H12ClFN2O5. The summed E-state index contributed by atoms with van der Waals surface area (Å²) < 4.78 is 18.3. The molecule has 7 nitrogen and oxygen atoms in total.